The number of amides is 2. The Kier molecular flexibility index (Phi) is 6.16. The van der Waals surface area contributed by atoms with E-state index < -0.39 is 0 Å². The molecule has 1 saturated heterocycles. The van der Waals surface area contributed by atoms with E-state index in [0.29, 0.717) is 19.6 Å². The zero-order valence-electron chi connectivity index (χ0n) is 14.0. The van der Waals surface area contributed by atoms with Crippen LogP contribution in [0.15, 0.2) is 30.3 Å². The van der Waals surface area contributed by atoms with Gasteiger partial charge in [-0.1, -0.05) is 44.2 Å². The van der Waals surface area contributed by atoms with Gasteiger partial charge in [-0.2, -0.15) is 0 Å². The van der Waals surface area contributed by atoms with Crippen molar-refractivity contribution < 1.29 is 9.59 Å². The molecule has 23 heavy (non-hydrogen) atoms. The zero-order valence-corrected chi connectivity index (χ0v) is 14.0. The van der Waals surface area contributed by atoms with Crippen molar-refractivity contribution in [1.29, 1.82) is 0 Å². The minimum atomic E-state index is -0.280. The van der Waals surface area contributed by atoms with Gasteiger partial charge >= 0.3 is 0 Å². The molecular weight excluding hydrogens is 290 g/mol. The van der Waals surface area contributed by atoms with E-state index in [0.717, 1.165) is 18.4 Å². The first-order valence-corrected chi connectivity index (χ1v) is 8.37. The average molecular weight is 317 g/mol. The van der Waals surface area contributed by atoms with Crippen molar-refractivity contribution in [3.05, 3.63) is 35.9 Å². The maximum atomic E-state index is 12.7. The van der Waals surface area contributed by atoms with Crippen LogP contribution >= 0.6 is 0 Å². The Balaban J connectivity index is 1.91. The van der Waals surface area contributed by atoms with Gasteiger partial charge in [0.05, 0.1) is 5.92 Å². The second kappa shape index (κ2) is 8.11. The summed E-state index contributed by atoms with van der Waals surface area (Å²) >= 11 is 0. The fourth-order valence-corrected chi connectivity index (χ4v) is 2.90. The van der Waals surface area contributed by atoms with Gasteiger partial charge < -0.3 is 16.0 Å². The smallest absolute Gasteiger partial charge is 0.231 e. The molecule has 3 N–H and O–H groups in total. The number of likely N-dealkylation sites (tertiary alicyclic amines) is 1. The third-order valence-corrected chi connectivity index (χ3v) is 4.41. The molecule has 1 heterocycles. The summed E-state index contributed by atoms with van der Waals surface area (Å²) < 4.78 is 0. The van der Waals surface area contributed by atoms with E-state index in [9.17, 15) is 9.59 Å². The quantitative estimate of drug-likeness (QED) is 0.864. The van der Waals surface area contributed by atoms with E-state index in [4.69, 9.17) is 5.73 Å². The molecule has 126 valence electrons. The largest absolute Gasteiger partial charge is 0.353 e. The Labute approximate surface area is 138 Å². The summed E-state index contributed by atoms with van der Waals surface area (Å²) in [7, 11) is 0. The molecule has 0 aliphatic carbocycles. The SMILES string of the molecule is CC(C)C(=O)NC1CCN(C(=O)C(CN)c2ccccc2)CC1. The number of nitrogens with zero attached hydrogens (tertiary/aromatic N) is 1. The standard InChI is InChI=1S/C18H27N3O2/c1-13(2)17(22)20-15-8-10-21(11-9-15)18(23)16(12-19)14-6-4-3-5-7-14/h3-7,13,15-16H,8-12,19H2,1-2H3,(H,20,22). The van der Waals surface area contributed by atoms with Crippen LogP contribution in [0.4, 0.5) is 0 Å². The monoisotopic (exact) mass is 317 g/mol. The van der Waals surface area contributed by atoms with Crippen LogP contribution in [-0.2, 0) is 9.59 Å². The lowest BCUT2D eigenvalue weighted by atomic mass is 9.95. The van der Waals surface area contributed by atoms with Gasteiger partial charge in [-0.05, 0) is 18.4 Å². The van der Waals surface area contributed by atoms with E-state index >= 15 is 0 Å². The number of hydrogen-bond acceptors (Lipinski definition) is 3. The Hall–Kier alpha value is -1.88. The van der Waals surface area contributed by atoms with Crippen molar-refractivity contribution in [2.75, 3.05) is 19.6 Å². The fourth-order valence-electron chi connectivity index (χ4n) is 2.90. The molecule has 2 amide bonds. The predicted octanol–water partition coefficient (Wildman–Crippen LogP) is 1.49. The molecule has 0 spiro atoms. The summed E-state index contributed by atoms with van der Waals surface area (Å²) in [5, 5.41) is 3.05. The van der Waals surface area contributed by atoms with Crippen LogP contribution < -0.4 is 11.1 Å². The van der Waals surface area contributed by atoms with Gasteiger partial charge in [0.25, 0.3) is 0 Å². The Morgan fingerprint density at radius 3 is 2.35 bits per heavy atom. The van der Waals surface area contributed by atoms with Gasteiger partial charge in [0, 0.05) is 31.6 Å². The lowest BCUT2D eigenvalue weighted by Crippen LogP contribution is -2.49. The summed E-state index contributed by atoms with van der Waals surface area (Å²) in [6.07, 6.45) is 1.60. The second-order valence-corrected chi connectivity index (χ2v) is 6.46. The highest BCUT2D eigenvalue weighted by atomic mass is 16.2. The topological polar surface area (TPSA) is 75.4 Å². The van der Waals surface area contributed by atoms with Crippen LogP contribution in [0.1, 0.15) is 38.2 Å². The molecule has 1 aliphatic rings. The van der Waals surface area contributed by atoms with Crippen LogP contribution in [-0.4, -0.2) is 42.4 Å². The van der Waals surface area contributed by atoms with E-state index in [2.05, 4.69) is 5.32 Å². The number of hydrogen-bond donors (Lipinski definition) is 2. The first kappa shape index (κ1) is 17.5. The minimum absolute atomic E-state index is 0.00522. The van der Waals surface area contributed by atoms with Gasteiger partial charge in [0.2, 0.25) is 11.8 Å². The van der Waals surface area contributed by atoms with Crippen molar-refractivity contribution in [2.24, 2.45) is 11.7 Å². The van der Waals surface area contributed by atoms with Crippen LogP contribution in [0.5, 0.6) is 0 Å². The molecule has 1 atom stereocenters. The summed E-state index contributed by atoms with van der Waals surface area (Å²) in [5.41, 5.74) is 6.80. The number of benzene rings is 1. The Morgan fingerprint density at radius 1 is 1.22 bits per heavy atom. The number of rotatable bonds is 5. The highest BCUT2D eigenvalue weighted by molar-refractivity contribution is 5.84. The van der Waals surface area contributed by atoms with E-state index in [-0.39, 0.29) is 29.7 Å². The van der Waals surface area contributed by atoms with Gasteiger partial charge in [-0.15, -0.1) is 0 Å². The Bertz CT molecular complexity index is 522. The average Bonchev–Trinajstić information content (AvgIpc) is 2.57. The third kappa shape index (κ3) is 4.55. The third-order valence-electron chi connectivity index (χ3n) is 4.41. The summed E-state index contributed by atoms with van der Waals surface area (Å²) in [5.74, 6) is -0.112. The van der Waals surface area contributed by atoms with Crippen LogP contribution in [0.3, 0.4) is 0 Å². The number of carbonyl (C=O) groups excluding carboxylic acids is 2. The van der Waals surface area contributed by atoms with Crippen molar-refractivity contribution in [2.45, 2.75) is 38.6 Å². The maximum Gasteiger partial charge on any atom is 0.231 e. The van der Waals surface area contributed by atoms with Crippen LogP contribution in [0.25, 0.3) is 0 Å². The number of nitrogens with one attached hydrogen (secondary N) is 1. The van der Waals surface area contributed by atoms with Crippen molar-refractivity contribution in [1.82, 2.24) is 10.2 Å². The Morgan fingerprint density at radius 2 is 1.83 bits per heavy atom. The summed E-state index contributed by atoms with van der Waals surface area (Å²) in [6, 6.07) is 9.86. The lowest BCUT2D eigenvalue weighted by molar-refractivity contribution is -0.133. The molecule has 1 fully saturated rings. The van der Waals surface area contributed by atoms with Gasteiger partial charge in [-0.3, -0.25) is 9.59 Å². The number of carbonyl (C=O) groups is 2. The molecule has 1 aliphatic heterocycles. The summed E-state index contributed by atoms with van der Waals surface area (Å²) in [4.78, 5) is 26.4. The fraction of sp³-hybridized carbons (Fsp3) is 0.556. The zero-order chi connectivity index (χ0) is 16.8. The molecule has 0 bridgehead atoms. The maximum absolute atomic E-state index is 12.7. The first-order chi connectivity index (χ1) is 11.0. The van der Waals surface area contributed by atoms with Crippen LogP contribution in [0, 0.1) is 5.92 Å². The van der Waals surface area contributed by atoms with E-state index in [1.165, 1.54) is 0 Å². The molecule has 5 heteroatoms. The predicted molar refractivity (Wildman–Crippen MR) is 90.8 cm³/mol. The molecule has 1 unspecified atom stereocenters. The number of nitrogens with two attached hydrogens (primary N) is 1. The molecular formula is C18H27N3O2. The molecule has 1 aromatic rings. The molecule has 1 aromatic carbocycles. The molecule has 5 nitrogen and oxygen atoms in total. The highest BCUT2D eigenvalue weighted by Crippen LogP contribution is 2.20. The highest BCUT2D eigenvalue weighted by Gasteiger charge is 2.29. The molecule has 0 radical (unpaired) electrons. The first-order valence-electron chi connectivity index (χ1n) is 8.37. The molecule has 2 rings (SSSR count). The van der Waals surface area contributed by atoms with Gasteiger partial charge in [0.15, 0.2) is 0 Å². The summed E-state index contributed by atoms with van der Waals surface area (Å²) in [6.45, 7) is 5.43. The lowest BCUT2D eigenvalue weighted by Gasteiger charge is -2.34. The normalized spacial score (nSPS) is 17.1. The van der Waals surface area contributed by atoms with Gasteiger partial charge in [-0.25, -0.2) is 0 Å². The van der Waals surface area contributed by atoms with Crippen molar-refractivity contribution in [3.8, 4) is 0 Å². The van der Waals surface area contributed by atoms with E-state index in [1.807, 2.05) is 49.1 Å². The van der Waals surface area contributed by atoms with Crippen LogP contribution in [0.2, 0.25) is 0 Å². The molecule has 0 saturated carbocycles. The van der Waals surface area contributed by atoms with E-state index in [1.54, 1.807) is 0 Å². The minimum Gasteiger partial charge on any atom is -0.353 e. The number of piperidine rings is 1. The second-order valence-electron chi connectivity index (χ2n) is 6.46. The van der Waals surface area contributed by atoms with Crippen molar-refractivity contribution >= 4 is 11.8 Å². The van der Waals surface area contributed by atoms with Crippen molar-refractivity contribution in [3.63, 3.8) is 0 Å². The van der Waals surface area contributed by atoms with Gasteiger partial charge in [0.1, 0.15) is 0 Å². The molecule has 0 aromatic heterocycles.